The highest BCUT2D eigenvalue weighted by Crippen LogP contribution is 2.61. The molecule has 0 radical (unpaired) electrons. The zero-order valence-electron chi connectivity index (χ0n) is 8.21. The molecule has 0 aromatic carbocycles. The lowest BCUT2D eigenvalue weighted by Crippen LogP contribution is -2.42. The van der Waals surface area contributed by atoms with Crippen molar-refractivity contribution in [2.24, 2.45) is 11.3 Å². The molecule has 2 atom stereocenters. The molecule has 1 N–H and O–H groups in total. The smallest absolute Gasteiger partial charge is 0.0864 e. The first-order valence-corrected chi connectivity index (χ1v) is 5.32. The van der Waals surface area contributed by atoms with Crippen LogP contribution >= 0.6 is 0 Å². The zero-order valence-corrected chi connectivity index (χ0v) is 8.21. The fourth-order valence-corrected chi connectivity index (χ4v) is 3.00. The van der Waals surface area contributed by atoms with Crippen LogP contribution in [0.2, 0.25) is 0 Å². The predicted octanol–water partition coefficient (Wildman–Crippen LogP) is 2.23. The van der Waals surface area contributed by atoms with Gasteiger partial charge < -0.3 is 5.11 Å². The Morgan fingerprint density at radius 1 is 1.46 bits per heavy atom. The van der Waals surface area contributed by atoms with Gasteiger partial charge in [0, 0.05) is 0 Å². The van der Waals surface area contributed by atoms with E-state index in [4.69, 9.17) is 5.26 Å². The van der Waals surface area contributed by atoms with Crippen molar-refractivity contribution >= 4 is 0 Å². The summed E-state index contributed by atoms with van der Waals surface area (Å²) >= 11 is 0. The zero-order chi connectivity index (χ0) is 9.53. The van der Waals surface area contributed by atoms with Crippen molar-refractivity contribution in [3.63, 3.8) is 0 Å². The van der Waals surface area contributed by atoms with Crippen molar-refractivity contribution < 1.29 is 5.11 Å². The molecular formula is C11H17NO. The van der Waals surface area contributed by atoms with Crippen LogP contribution in [0.25, 0.3) is 0 Å². The number of aliphatic hydroxyl groups is 1. The van der Waals surface area contributed by atoms with Gasteiger partial charge in [-0.3, -0.25) is 0 Å². The molecule has 0 amide bonds. The van der Waals surface area contributed by atoms with E-state index in [0.29, 0.717) is 5.92 Å². The van der Waals surface area contributed by atoms with Gasteiger partial charge >= 0.3 is 0 Å². The monoisotopic (exact) mass is 179 g/mol. The van der Waals surface area contributed by atoms with E-state index in [1.54, 1.807) is 0 Å². The van der Waals surface area contributed by atoms with E-state index in [-0.39, 0.29) is 5.41 Å². The number of hydrogen-bond donors (Lipinski definition) is 1. The molecule has 2 heteroatoms. The Bertz CT molecular complexity index is 251. The Morgan fingerprint density at radius 3 is 2.62 bits per heavy atom. The molecule has 0 bridgehead atoms. The van der Waals surface area contributed by atoms with Crippen molar-refractivity contribution in [3.05, 3.63) is 0 Å². The Balaban J connectivity index is 2.24. The standard InChI is InChI=1S/C11H17NO/c1-2-9-4-3-5-11(9,13)10(8-12)6-7-10/h9,13H,2-7H2,1H3. The topological polar surface area (TPSA) is 44.0 Å². The van der Waals surface area contributed by atoms with Crippen LogP contribution in [-0.4, -0.2) is 10.7 Å². The Morgan fingerprint density at radius 2 is 2.15 bits per heavy atom. The summed E-state index contributed by atoms with van der Waals surface area (Å²) in [6.45, 7) is 2.12. The SMILES string of the molecule is CCC1CCCC1(O)C1(C#N)CC1. The molecule has 0 aromatic rings. The van der Waals surface area contributed by atoms with Crippen molar-refractivity contribution in [1.82, 2.24) is 0 Å². The number of nitriles is 1. The lowest BCUT2D eigenvalue weighted by molar-refractivity contribution is -0.0452. The summed E-state index contributed by atoms with van der Waals surface area (Å²) in [4.78, 5) is 0. The Hall–Kier alpha value is -0.550. The van der Waals surface area contributed by atoms with E-state index in [1.807, 2.05) is 0 Å². The summed E-state index contributed by atoms with van der Waals surface area (Å²) in [5.74, 6) is 0.370. The maximum Gasteiger partial charge on any atom is 0.0864 e. The first-order chi connectivity index (χ1) is 6.18. The largest absolute Gasteiger partial charge is 0.388 e. The quantitative estimate of drug-likeness (QED) is 0.706. The third-order valence-electron chi connectivity index (χ3n) is 4.07. The van der Waals surface area contributed by atoms with E-state index in [2.05, 4.69) is 13.0 Å². The molecule has 2 nitrogen and oxygen atoms in total. The molecule has 2 rings (SSSR count). The molecule has 0 spiro atoms. The van der Waals surface area contributed by atoms with Crippen LogP contribution in [-0.2, 0) is 0 Å². The van der Waals surface area contributed by atoms with Gasteiger partial charge in [-0.2, -0.15) is 5.26 Å². The van der Waals surface area contributed by atoms with E-state index in [0.717, 1.165) is 38.5 Å². The van der Waals surface area contributed by atoms with Gasteiger partial charge in [0.1, 0.15) is 0 Å². The molecule has 13 heavy (non-hydrogen) atoms. The third kappa shape index (κ3) is 1.03. The van der Waals surface area contributed by atoms with Crippen LogP contribution in [0.4, 0.5) is 0 Å². The first kappa shape index (κ1) is 9.02. The average molecular weight is 179 g/mol. The van der Waals surface area contributed by atoms with E-state index < -0.39 is 5.60 Å². The summed E-state index contributed by atoms with van der Waals surface area (Å²) in [5, 5.41) is 19.6. The van der Waals surface area contributed by atoms with Crippen LogP contribution < -0.4 is 0 Å². The molecule has 72 valence electrons. The second-order valence-corrected chi connectivity index (χ2v) is 4.62. The minimum absolute atomic E-state index is 0.357. The van der Waals surface area contributed by atoms with E-state index >= 15 is 0 Å². The maximum atomic E-state index is 10.5. The number of nitrogens with zero attached hydrogens (tertiary/aromatic N) is 1. The summed E-state index contributed by atoms with van der Waals surface area (Å²) in [6, 6.07) is 2.35. The lowest BCUT2D eigenvalue weighted by Gasteiger charge is -2.34. The normalized spacial score (nSPS) is 41.5. The number of rotatable bonds is 2. The molecule has 0 heterocycles. The second-order valence-electron chi connectivity index (χ2n) is 4.62. The van der Waals surface area contributed by atoms with Crippen molar-refractivity contribution in [3.8, 4) is 6.07 Å². The lowest BCUT2D eigenvalue weighted by atomic mass is 9.76. The van der Waals surface area contributed by atoms with Crippen LogP contribution in [0.5, 0.6) is 0 Å². The van der Waals surface area contributed by atoms with Crippen molar-refractivity contribution in [2.45, 2.75) is 51.0 Å². The molecule has 2 saturated carbocycles. The highest BCUT2D eigenvalue weighted by molar-refractivity contribution is 5.23. The molecule has 0 aromatic heterocycles. The van der Waals surface area contributed by atoms with Gasteiger partial charge in [0.2, 0.25) is 0 Å². The molecule has 0 saturated heterocycles. The highest BCUT2D eigenvalue weighted by atomic mass is 16.3. The van der Waals surface area contributed by atoms with Gasteiger partial charge in [-0.25, -0.2) is 0 Å². The molecule has 0 aliphatic heterocycles. The van der Waals surface area contributed by atoms with Crippen LogP contribution in [0.1, 0.15) is 45.4 Å². The first-order valence-electron chi connectivity index (χ1n) is 5.32. The van der Waals surface area contributed by atoms with Gasteiger partial charge in [0.25, 0.3) is 0 Å². The van der Waals surface area contributed by atoms with Crippen molar-refractivity contribution in [1.29, 1.82) is 5.26 Å². The van der Waals surface area contributed by atoms with Gasteiger partial charge in [-0.1, -0.05) is 19.8 Å². The minimum atomic E-state index is -0.642. The van der Waals surface area contributed by atoms with Gasteiger partial charge in [-0.05, 0) is 31.6 Å². The van der Waals surface area contributed by atoms with E-state index in [9.17, 15) is 5.11 Å². The molecule has 2 fully saturated rings. The summed E-state index contributed by atoms with van der Waals surface area (Å²) in [6.07, 6.45) is 5.89. The fraction of sp³-hybridized carbons (Fsp3) is 0.909. The van der Waals surface area contributed by atoms with Crippen LogP contribution in [0, 0.1) is 22.7 Å². The molecular weight excluding hydrogens is 162 g/mol. The van der Waals surface area contributed by atoms with E-state index in [1.165, 1.54) is 0 Å². The summed E-state index contributed by atoms with van der Waals surface area (Å²) in [7, 11) is 0. The third-order valence-corrected chi connectivity index (χ3v) is 4.07. The molecule has 2 aliphatic rings. The molecule has 2 aliphatic carbocycles. The average Bonchev–Trinajstić information content (AvgIpc) is 2.86. The van der Waals surface area contributed by atoms with Gasteiger partial charge in [-0.15, -0.1) is 0 Å². The second kappa shape index (κ2) is 2.72. The predicted molar refractivity (Wildman–Crippen MR) is 49.9 cm³/mol. The fourth-order valence-electron chi connectivity index (χ4n) is 3.00. The van der Waals surface area contributed by atoms with Crippen LogP contribution in [0.15, 0.2) is 0 Å². The highest BCUT2D eigenvalue weighted by Gasteiger charge is 2.63. The Kier molecular flexibility index (Phi) is 1.89. The summed E-state index contributed by atoms with van der Waals surface area (Å²) in [5.41, 5.74) is -0.999. The molecule has 2 unspecified atom stereocenters. The minimum Gasteiger partial charge on any atom is -0.388 e. The Labute approximate surface area is 79.6 Å². The van der Waals surface area contributed by atoms with Gasteiger partial charge in [0.15, 0.2) is 0 Å². The number of hydrogen-bond acceptors (Lipinski definition) is 2. The van der Waals surface area contributed by atoms with Crippen molar-refractivity contribution in [2.75, 3.05) is 0 Å². The maximum absolute atomic E-state index is 10.5. The van der Waals surface area contributed by atoms with Gasteiger partial charge in [0.05, 0.1) is 17.1 Å². The van der Waals surface area contributed by atoms with Crippen LogP contribution in [0.3, 0.4) is 0 Å². The summed E-state index contributed by atoms with van der Waals surface area (Å²) < 4.78 is 0.